The van der Waals surface area contributed by atoms with E-state index in [4.69, 9.17) is 4.74 Å². The SMILES string of the molecule is CC(C)(C)OC(=O)N1CC=C(C2Cc3c(Nc4ccc(O)c(-c5cncs5)c4)ccnc3N2)CC1. The van der Waals surface area contributed by atoms with Gasteiger partial charge in [0.15, 0.2) is 0 Å². The number of nitrogens with zero attached hydrogens (tertiary/aromatic N) is 3. The first kappa shape index (κ1) is 23.2. The number of phenols is 1. The van der Waals surface area contributed by atoms with Gasteiger partial charge < -0.3 is 25.4 Å². The Morgan fingerprint density at radius 1 is 1.31 bits per heavy atom. The molecule has 2 aromatic heterocycles. The molecule has 1 unspecified atom stereocenters. The predicted molar refractivity (Wildman–Crippen MR) is 138 cm³/mol. The van der Waals surface area contributed by atoms with Crippen LogP contribution < -0.4 is 10.6 Å². The molecule has 0 aliphatic carbocycles. The number of phenolic OH excluding ortho intramolecular Hbond substituents is 1. The summed E-state index contributed by atoms with van der Waals surface area (Å²) in [5.74, 6) is 1.10. The van der Waals surface area contributed by atoms with Crippen LogP contribution in [0.5, 0.6) is 5.75 Å². The molecule has 1 amide bonds. The lowest BCUT2D eigenvalue weighted by Gasteiger charge is -2.31. The number of benzene rings is 1. The summed E-state index contributed by atoms with van der Waals surface area (Å²) in [7, 11) is 0. The van der Waals surface area contributed by atoms with E-state index in [-0.39, 0.29) is 17.9 Å². The van der Waals surface area contributed by atoms with Crippen molar-refractivity contribution in [1.29, 1.82) is 0 Å². The van der Waals surface area contributed by atoms with Gasteiger partial charge in [0, 0.05) is 54.4 Å². The van der Waals surface area contributed by atoms with Crippen molar-refractivity contribution in [1.82, 2.24) is 14.9 Å². The minimum atomic E-state index is -0.496. The fourth-order valence-electron chi connectivity index (χ4n) is 4.39. The van der Waals surface area contributed by atoms with E-state index in [2.05, 4.69) is 26.7 Å². The third-order valence-electron chi connectivity index (χ3n) is 6.09. The molecular weight excluding hydrogens is 462 g/mol. The number of thiazole rings is 1. The number of carbonyl (C=O) groups excluding carboxylic acids is 1. The summed E-state index contributed by atoms with van der Waals surface area (Å²) >= 11 is 1.49. The zero-order valence-electron chi connectivity index (χ0n) is 20.0. The Morgan fingerprint density at radius 3 is 2.89 bits per heavy atom. The number of aromatic nitrogens is 2. The molecule has 2 aliphatic heterocycles. The van der Waals surface area contributed by atoms with Gasteiger partial charge in [-0.25, -0.2) is 9.78 Å². The first-order valence-corrected chi connectivity index (χ1v) is 12.5. The van der Waals surface area contributed by atoms with Crippen LogP contribution in [0.1, 0.15) is 32.8 Å². The molecule has 3 aromatic rings. The normalized spacial score (nSPS) is 17.4. The van der Waals surface area contributed by atoms with Crippen LogP contribution in [-0.2, 0) is 11.2 Å². The van der Waals surface area contributed by atoms with Crippen LogP contribution in [0.25, 0.3) is 10.4 Å². The fraction of sp³-hybridized carbons (Fsp3) is 0.346. The van der Waals surface area contributed by atoms with Crippen molar-refractivity contribution in [3.63, 3.8) is 0 Å². The Labute approximate surface area is 208 Å². The van der Waals surface area contributed by atoms with Gasteiger partial charge in [-0.15, -0.1) is 11.3 Å². The van der Waals surface area contributed by atoms with Crippen LogP contribution in [0.2, 0.25) is 0 Å². The lowest BCUT2D eigenvalue weighted by atomic mass is 9.97. The highest BCUT2D eigenvalue weighted by molar-refractivity contribution is 7.13. The smallest absolute Gasteiger partial charge is 0.410 e. The highest BCUT2D eigenvalue weighted by atomic mass is 32.1. The molecule has 8 nitrogen and oxygen atoms in total. The Morgan fingerprint density at radius 2 is 2.17 bits per heavy atom. The Hall–Kier alpha value is -3.59. The number of fused-ring (bicyclic) bond motifs is 1. The van der Waals surface area contributed by atoms with E-state index in [9.17, 15) is 9.90 Å². The summed E-state index contributed by atoms with van der Waals surface area (Å²) < 4.78 is 5.51. The second-order valence-corrected chi connectivity index (χ2v) is 10.7. The lowest BCUT2D eigenvalue weighted by Crippen LogP contribution is -2.40. The van der Waals surface area contributed by atoms with E-state index in [1.807, 2.05) is 39.0 Å². The maximum atomic E-state index is 12.4. The summed E-state index contributed by atoms with van der Waals surface area (Å²) in [6.45, 7) is 6.83. The molecule has 5 rings (SSSR count). The summed E-state index contributed by atoms with van der Waals surface area (Å²) in [5, 5.41) is 17.4. The summed E-state index contributed by atoms with van der Waals surface area (Å²) in [4.78, 5) is 23.7. The molecule has 1 atom stereocenters. The highest BCUT2D eigenvalue weighted by Gasteiger charge is 2.30. The van der Waals surface area contributed by atoms with Crippen molar-refractivity contribution in [2.24, 2.45) is 0 Å². The standard InChI is InChI=1S/C26H29N5O3S/c1-26(2,3)34-25(33)31-10-7-16(8-11-31)21-13-18-20(6-9-28-24(18)30-21)29-17-4-5-22(32)19(12-17)23-14-27-15-35-23/h4-7,9,12,14-15,21,32H,8,10-11,13H2,1-3H3,(H2,28,29,30). The molecule has 0 saturated heterocycles. The molecule has 9 heteroatoms. The Balaban J connectivity index is 1.29. The van der Waals surface area contributed by atoms with Crippen molar-refractivity contribution >= 4 is 34.6 Å². The first-order chi connectivity index (χ1) is 16.8. The topological polar surface area (TPSA) is 99.6 Å². The summed E-state index contributed by atoms with van der Waals surface area (Å²) in [6, 6.07) is 7.62. The third kappa shape index (κ3) is 5.09. The molecule has 3 N–H and O–H groups in total. The van der Waals surface area contributed by atoms with Gasteiger partial charge in [-0.1, -0.05) is 6.08 Å². The average molecular weight is 492 g/mol. The van der Waals surface area contributed by atoms with Crippen LogP contribution in [0.3, 0.4) is 0 Å². The Kier molecular flexibility index (Phi) is 6.10. The van der Waals surface area contributed by atoms with Crippen LogP contribution in [0.15, 0.2) is 53.8 Å². The van der Waals surface area contributed by atoms with Crippen molar-refractivity contribution in [2.45, 2.75) is 45.3 Å². The number of pyridine rings is 1. The number of aromatic hydroxyl groups is 1. The molecule has 35 heavy (non-hydrogen) atoms. The van der Waals surface area contributed by atoms with Gasteiger partial charge in [-0.3, -0.25) is 4.98 Å². The molecule has 1 aromatic carbocycles. The maximum absolute atomic E-state index is 12.4. The van der Waals surface area contributed by atoms with Crippen LogP contribution in [0, 0.1) is 0 Å². The quantitative estimate of drug-likeness (QED) is 0.325. The van der Waals surface area contributed by atoms with E-state index >= 15 is 0 Å². The van der Waals surface area contributed by atoms with Gasteiger partial charge in [0.25, 0.3) is 0 Å². The monoisotopic (exact) mass is 491 g/mol. The van der Waals surface area contributed by atoms with Gasteiger partial charge in [0.1, 0.15) is 17.2 Å². The van der Waals surface area contributed by atoms with E-state index in [0.29, 0.717) is 13.1 Å². The number of nitrogens with one attached hydrogen (secondary N) is 2. The van der Waals surface area contributed by atoms with Crippen LogP contribution in [0.4, 0.5) is 22.0 Å². The van der Waals surface area contributed by atoms with E-state index in [1.54, 1.807) is 28.9 Å². The molecule has 0 fully saturated rings. The molecule has 0 saturated carbocycles. The minimum absolute atomic E-state index is 0.147. The molecule has 0 spiro atoms. The van der Waals surface area contributed by atoms with Crippen molar-refractivity contribution < 1.29 is 14.6 Å². The zero-order chi connectivity index (χ0) is 24.6. The molecular formula is C26H29N5O3S. The van der Waals surface area contributed by atoms with E-state index < -0.39 is 5.60 Å². The van der Waals surface area contributed by atoms with Gasteiger partial charge in [-0.05, 0) is 57.0 Å². The number of rotatable bonds is 4. The van der Waals surface area contributed by atoms with E-state index in [0.717, 1.165) is 46.0 Å². The average Bonchev–Trinajstić information content (AvgIpc) is 3.50. The van der Waals surface area contributed by atoms with Gasteiger partial charge in [0.05, 0.1) is 16.4 Å². The summed E-state index contributed by atoms with van der Waals surface area (Å²) in [5.41, 5.74) is 6.28. The van der Waals surface area contributed by atoms with Crippen molar-refractivity contribution in [3.05, 3.63) is 59.4 Å². The molecule has 0 bridgehead atoms. The second-order valence-electron chi connectivity index (χ2n) is 9.76. The molecule has 0 radical (unpaired) electrons. The second kappa shape index (κ2) is 9.22. The van der Waals surface area contributed by atoms with E-state index in [1.165, 1.54) is 16.9 Å². The van der Waals surface area contributed by atoms with Crippen LogP contribution >= 0.6 is 11.3 Å². The maximum Gasteiger partial charge on any atom is 0.410 e. The number of amides is 1. The molecule has 4 heterocycles. The number of hydrogen-bond acceptors (Lipinski definition) is 8. The predicted octanol–water partition coefficient (Wildman–Crippen LogP) is 5.56. The zero-order valence-corrected chi connectivity index (χ0v) is 20.9. The van der Waals surface area contributed by atoms with Gasteiger partial charge in [-0.2, -0.15) is 0 Å². The molecule has 182 valence electrons. The number of anilines is 3. The summed E-state index contributed by atoms with van der Waals surface area (Å²) in [6.07, 6.45) is 7.01. The Bertz CT molecular complexity index is 1270. The largest absolute Gasteiger partial charge is 0.507 e. The fourth-order valence-corrected chi connectivity index (χ4v) is 5.04. The first-order valence-electron chi connectivity index (χ1n) is 11.7. The van der Waals surface area contributed by atoms with Crippen molar-refractivity contribution in [3.8, 4) is 16.2 Å². The highest BCUT2D eigenvalue weighted by Crippen LogP contribution is 2.38. The minimum Gasteiger partial charge on any atom is -0.507 e. The number of carbonyl (C=O) groups is 1. The van der Waals surface area contributed by atoms with Gasteiger partial charge in [0.2, 0.25) is 0 Å². The lowest BCUT2D eigenvalue weighted by molar-refractivity contribution is 0.0265. The molecule has 2 aliphatic rings. The van der Waals surface area contributed by atoms with Crippen molar-refractivity contribution in [2.75, 3.05) is 23.7 Å². The third-order valence-corrected chi connectivity index (χ3v) is 6.90. The number of ether oxygens (including phenoxy) is 1. The van der Waals surface area contributed by atoms with Crippen LogP contribution in [-0.4, -0.2) is 50.8 Å². The number of hydrogen-bond donors (Lipinski definition) is 3. The van der Waals surface area contributed by atoms with Gasteiger partial charge >= 0.3 is 6.09 Å².